The van der Waals surface area contributed by atoms with Gasteiger partial charge in [-0.2, -0.15) is 0 Å². The molecule has 0 N–H and O–H groups in total. The molecule has 3 rings (SSSR count). The van der Waals surface area contributed by atoms with Crippen LogP contribution in [0.1, 0.15) is 78.1 Å². The van der Waals surface area contributed by atoms with E-state index < -0.39 is 24.7 Å². The Hall–Kier alpha value is -0.280. The molecule has 0 radical (unpaired) electrons. The van der Waals surface area contributed by atoms with Crippen LogP contribution in [0.15, 0.2) is 0 Å². The van der Waals surface area contributed by atoms with Crippen molar-refractivity contribution < 1.29 is 17.6 Å². The van der Waals surface area contributed by atoms with Gasteiger partial charge in [0.05, 0.1) is 0 Å². The summed E-state index contributed by atoms with van der Waals surface area (Å²) in [5, 5.41) is 0. The van der Waals surface area contributed by atoms with Crippen LogP contribution in [-0.2, 0) is 0 Å². The Bertz CT molecular complexity index is 332. The molecule has 0 heterocycles. The zero-order valence-corrected chi connectivity index (χ0v) is 15.2. The van der Waals surface area contributed by atoms with Gasteiger partial charge in [0, 0.05) is 0 Å². The van der Waals surface area contributed by atoms with Crippen LogP contribution in [0.4, 0.5) is 17.6 Å². The molecular formula is C20H34F4. The lowest BCUT2D eigenvalue weighted by molar-refractivity contribution is -0.0178. The van der Waals surface area contributed by atoms with E-state index in [1.54, 1.807) is 0 Å². The highest BCUT2D eigenvalue weighted by molar-refractivity contribution is 4.92. The normalized spacial score (nSPS) is 46.8. The van der Waals surface area contributed by atoms with Crippen LogP contribution in [0.5, 0.6) is 0 Å². The lowest BCUT2D eigenvalue weighted by Crippen LogP contribution is -2.42. The second-order valence-corrected chi connectivity index (χ2v) is 8.54. The molecule has 0 bridgehead atoms. The van der Waals surface area contributed by atoms with Crippen LogP contribution < -0.4 is 0 Å². The summed E-state index contributed by atoms with van der Waals surface area (Å²) in [4.78, 5) is 0. The molecule has 0 amide bonds. The van der Waals surface area contributed by atoms with E-state index in [4.69, 9.17) is 0 Å². The van der Waals surface area contributed by atoms with Gasteiger partial charge in [0.15, 0.2) is 6.17 Å². The maximum Gasteiger partial charge on any atom is 0.162 e. The first-order valence-corrected chi connectivity index (χ1v) is 9.94. The van der Waals surface area contributed by atoms with E-state index in [0.29, 0.717) is 12.8 Å². The van der Waals surface area contributed by atoms with Crippen molar-refractivity contribution in [3.8, 4) is 0 Å². The molecular weight excluding hydrogens is 316 g/mol. The number of hydrogen-bond acceptors (Lipinski definition) is 0. The molecule has 3 fully saturated rings. The van der Waals surface area contributed by atoms with Gasteiger partial charge >= 0.3 is 0 Å². The highest BCUT2D eigenvalue weighted by Gasteiger charge is 2.43. The van der Waals surface area contributed by atoms with Crippen molar-refractivity contribution in [3.63, 3.8) is 0 Å². The summed E-state index contributed by atoms with van der Waals surface area (Å²) in [6, 6.07) is 0. The van der Waals surface area contributed by atoms with Crippen LogP contribution >= 0.6 is 0 Å². The van der Waals surface area contributed by atoms with Crippen molar-refractivity contribution in [1.29, 1.82) is 0 Å². The van der Waals surface area contributed by atoms with Crippen LogP contribution in [0.2, 0.25) is 0 Å². The highest BCUT2D eigenvalue weighted by atomic mass is 19.2. The first kappa shape index (κ1) is 20.0. The summed E-state index contributed by atoms with van der Waals surface area (Å²) in [6.45, 7) is 4.73. The molecule has 142 valence electrons. The van der Waals surface area contributed by atoms with Gasteiger partial charge in [-0.15, -0.1) is 0 Å². The molecule has 3 saturated carbocycles. The van der Waals surface area contributed by atoms with Crippen molar-refractivity contribution >= 4 is 0 Å². The first-order chi connectivity index (χ1) is 11.4. The number of rotatable bonds is 1. The van der Waals surface area contributed by atoms with Crippen molar-refractivity contribution in [2.24, 2.45) is 23.7 Å². The Labute approximate surface area is 144 Å². The third-order valence-corrected chi connectivity index (χ3v) is 6.39. The summed E-state index contributed by atoms with van der Waals surface area (Å²) in [7, 11) is 0. The fraction of sp³-hybridized carbons (Fsp3) is 1.00. The summed E-state index contributed by atoms with van der Waals surface area (Å²) in [5.41, 5.74) is 0. The van der Waals surface area contributed by atoms with E-state index >= 15 is 0 Å². The minimum atomic E-state index is -2.00. The van der Waals surface area contributed by atoms with Crippen LogP contribution in [0, 0.1) is 23.7 Å². The molecule has 0 spiro atoms. The lowest BCUT2D eigenvalue weighted by Gasteiger charge is -2.38. The van der Waals surface area contributed by atoms with Crippen molar-refractivity contribution in [2.75, 3.05) is 0 Å². The smallest absolute Gasteiger partial charge is 0.162 e. The van der Waals surface area contributed by atoms with E-state index in [1.165, 1.54) is 25.7 Å². The SMILES string of the molecule is CC1CCC(C)CC1.FC1CC(C2CCCCC2F)CC(F)C1F. The van der Waals surface area contributed by atoms with Crippen LogP contribution in [0.3, 0.4) is 0 Å². The highest BCUT2D eigenvalue weighted by Crippen LogP contribution is 2.42. The average molecular weight is 350 g/mol. The Morgan fingerprint density at radius 2 is 1.04 bits per heavy atom. The van der Waals surface area contributed by atoms with Gasteiger partial charge in [-0.1, -0.05) is 52.4 Å². The Morgan fingerprint density at radius 3 is 1.50 bits per heavy atom. The number of alkyl halides is 4. The van der Waals surface area contributed by atoms with Gasteiger partial charge in [0.2, 0.25) is 0 Å². The van der Waals surface area contributed by atoms with E-state index in [-0.39, 0.29) is 24.7 Å². The molecule has 0 aliphatic heterocycles. The Kier molecular flexibility index (Phi) is 7.87. The van der Waals surface area contributed by atoms with Crippen molar-refractivity contribution in [2.45, 2.75) is 103 Å². The summed E-state index contributed by atoms with van der Waals surface area (Å²) < 4.78 is 53.1. The molecule has 0 aromatic carbocycles. The Balaban J connectivity index is 0.000000219. The zero-order valence-electron chi connectivity index (χ0n) is 15.2. The minimum Gasteiger partial charge on any atom is -0.247 e. The fourth-order valence-electron chi connectivity index (χ4n) is 4.58. The standard InChI is InChI=1S/C12H18F4.C8H16/c13-9-4-2-1-3-8(9)7-5-10(14)12(16)11(15)6-7;1-7-3-5-8(2)6-4-7/h7-12H,1-6H2;7-8H,3-6H2,1-2H3. The van der Waals surface area contributed by atoms with E-state index in [2.05, 4.69) is 13.8 Å². The topological polar surface area (TPSA) is 0 Å². The van der Waals surface area contributed by atoms with Gasteiger partial charge in [-0.05, 0) is 49.4 Å². The fourth-order valence-corrected chi connectivity index (χ4v) is 4.58. The molecule has 3 aliphatic rings. The van der Waals surface area contributed by atoms with E-state index in [1.807, 2.05) is 0 Å². The molecule has 4 unspecified atom stereocenters. The second kappa shape index (κ2) is 9.43. The number of hydrogen-bond donors (Lipinski definition) is 0. The lowest BCUT2D eigenvalue weighted by atomic mass is 9.71. The average Bonchev–Trinajstić information content (AvgIpc) is 2.56. The van der Waals surface area contributed by atoms with Gasteiger partial charge in [-0.3, -0.25) is 0 Å². The van der Waals surface area contributed by atoms with Crippen molar-refractivity contribution in [3.05, 3.63) is 0 Å². The largest absolute Gasteiger partial charge is 0.247 e. The quantitative estimate of drug-likeness (QED) is 0.458. The second-order valence-electron chi connectivity index (χ2n) is 8.54. The molecule has 0 aromatic heterocycles. The van der Waals surface area contributed by atoms with E-state index in [9.17, 15) is 17.6 Å². The summed E-state index contributed by atoms with van der Waals surface area (Å²) >= 11 is 0. The minimum absolute atomic E-state index is 0.00727. The van der Waals surface area contributed by atoms with Gasteiger partial charge in [-0.25, -0.2) is 17.6 Å². The molecule has 0 aromatic rings. The molecule has 24 heavy (non-hydrogen) atoms. The summed E-state index contributed by atoms with van der Waals surface area (Å²) in [6.07, 6.45) is 2.40. The third kappa shape index (κ3) is 5.62. The first-order valence-electron chi connectivity index (χ1n) is 9.94. The van der Waals surface area contributed by atoms with Crippen LogP contribution in [0.25, 0.3) is 0 Å². The van der Waals surface area contributed by atoms with Gasteiger partial charge in [0.25, 0.3) is 0 Å². The van der Waals surface area contributed by atoms with Crippen LogP contribution in [-0.4, -0.2) is 24.7 Å². The monoisotopic (exact) mass is 350 g/mol. The zero-order chi connectivity index (χ0) is 17.7. The third-order valence-electron chi connectivity index (χ3n) is 6.39. The van der Waals surface area contributed by atoms with Crippen molar-refractivity contribution in [1.82, 2.24) is 0 Å². The molecule has 4 heteroatoms. The predicted octanol–water partition coefficient (Wildman–Crippen LogP) is 6.77. The molecule has 0 nitrogen and oxygen atoms in total. The van der Waals surface area contributed by atoms with Gasteiger partial charge < -0.3 is 0 Å². The number of halogens is 4. The molecule has 4 atom stereocenters. The molecule has 3 aliphatic carbocycles. The maximum absolute atomic E-state index is 13.6. The maximum atomic E-state index is 13.6. The Morgan fingerprint density at radius 1 is 0.583 bits per heavy atom. The van der Waals surface area contributed by atoms with E-state index in [0.717, 1.165) is 24.7 Å². The summed E-state index contributed by atoms with van der Waals surface area (Å²) in [5.74, 6) is 1.47. The van der Waals surface area contributed by atoms with Gasteiger partial charge in [0.1, 0.15) is 18.5 Å². The molecule has 0 saturated heterocycles. The predicted molar refractivity (Wildman–Crippen MR) is 91.1 cm³/mol.